The molecule has 0 unspecified atom stereocenters. The minimum absolute atomic E-state index is 0.00442. The summed E-state index contributed by atoms with van der Waals surface area (Å²) in [5, 5.41) is 2.89. The van der Waals surface area contributed by atoms with Gasteiger partial charge in [-0.2, -0.15) is 0 Å². The summed E-state index contributed by atoms with van der Waals surface area (Å²) >= 11 is 4.89. The van der Waals surface area contributed by atoms with Crippen molar-refractivity contribution in [2.45, 2.75) is 33.2 Å². The number of nitrogens with two attached hydrogens (primary N) is 1. The number of amides is 1. The summed E-state index contributed by atoms with van der Waals surface area (Å²) in [7, 11) is 0. The minimum atomic E-state index is -0.00442. The highest BCUT2D eigenvalue weighted by Crippen LogP contribution is 2.10. The van der Waals surface area contributed by atoms with Gasteiger partial charge in [0.1, 0.15) is 4.99 Å². The number of hydrogen-bond acceptors (Lipinski definition) is 3. The summed E-state index contributed by atoms with van der Waals surface area (Å²) in [6.45, 7) is 7.63. The maximum atomic E-state index is 12.0. The topological polar surface area (TPSA) is 58.4 Å². The van der Waals surface area contributed by atoms with Crippen LogP contribution >= 0.6 is 12.2 Å². The molecule has 110 valence electrons. The summed E-state index contributed by atoms with van der Waals surface area (Å²) in [5.74, 6) is -0.00442. The second-order valence-electron chi connectivity index (χ2n) is 5.05. The normalized spacial score (nSPS) is 10.8. The average molecular weight is 293 g/mol. The smallest absolute Gasteiger partial charge is 0.238 e. The fraction of sp³-hybridized carbons (Fsp3) is 0.467. The van der Waals surface area contributed by atoms with Crippen LogP contribution in [0.25, 0.3) is 0 Å². The zero-order valence-corrected chi connectivity index (χ0v) is 13.2. The summed E-state index contributed by atoms with van der Waals surface area (Å²) in [4.78, 5) is 14.5. The quantitative estimate of drug-likeness (QED) is 0.758. The third-order valence-corrected chi connectivity index (χ3v) is 3.28. The maximum absolute atomic E-state index is 12.0. The molecule has 0 aliphatic rings. The second-order valence-corrected chi connectivity index (χ2v) is 5.49. The van der Waals surface area contributed by atoms with E-state index in [1.165, 1.54) is 0 Å². The Hall–Kier alpha value is -1.46. The highest BCUT2D eigenvalue weighted by Gasteiger charge is 2.13. The molecule has 0 atom stereocenters. The summed E-state index contributed by atoms with van der Waals surface area (Å²) in [6.07, 6.45) is 1.04. The Balaban J connectivity index is 2.59. The zero-order chi connectivity index (χ0) is 15.1. The van der Waals surface area contributed by atoms with Crippen LogP contribution < -0.4 is 11.1 Å². The van der Waals surface area contributed by atoms with Gasteiger partial charge in [-0.05, 0) is 51.1 Å². The van der Waals surface area contributed by atoms with Gasteiger partial charge in [0.05, 0.1) is 6.54 Å². The summed E-state index contributed by atoms with van der Waals surface area (Å²) in [5.41, 5.74) is 7.09. The summed E-state index contributed by atoms with van der Waals surface area (Å²) < 4.78 is 0. The number of rotatable bonds is 7. The van der Waals surface area contributed by atoms with Crippen molar-refractivity contribution in [1.82, 2.24) is 4.90 Å². The molecule has 1 amide bonds. The van der Waals surface area contributed by atoms with Gasteiger partial charge in [0.25, 0.3) is 0 Å². The molecule has 0 aromatic heterocycles. The van der Waals surface area contributed by atoms with E-state index in [-0.39, 0.29) is 5.91 Å². The molecule has 0 heterocycles. The standard InChI is InChI=1S/C15H23N3OS/c1-4-9-18(11(2)3)10-14(19)17-13-7-5-12(6-8-13)15(16)20/h5-8,11H,4,9-10H2,1-3H3,(H2,16,20)(H,17,19). The maximum Gasteiger partial charge on any atom is 0.238 e. The Morgan fingerprint density at radius 3 is 2.40 bits per heavy atom. The van der Waals surface area contributed by atoms with Crippen LogP contribution in [-0.4, -0.2) is 34.9 Å². The van der Waals surface area contributed by atoms with Gasteiger partial charge in [0.2, 0.25) is 5.91 Å². The number of benzene rings is 1. The molecule has 0 aliphatic carbocycles. The molecular weight excluding hydrogens is 270 g/mol. The van der Waals surface area contributed by atoms with Crippen molar-refractivity contribution in [3.8, 4) is 0 Å². The van der Waals surface area contributed by atoms with Gasteiger partial charge in [-0.15, -0.1) is 0 Å². The number of nitrogens with zero attached hydrogens (tertiary/aromatic N) is 1. The van der Waals surface area contributed by atoms with Gasteiger partial charge >= 0.3 is 0 Å². The van der Waals surface area contributed by atoms with E-state index in [4.69, 9.17) is 18.0 Å². The lowest BCUT2D eigenvalue weighted by molar-refractivity contribution is -0.117. The van der Waals surface area contributed by atoms with E-state index < -0.39 is 0 Å². The molecule has 0 bridgehead atoms. The van der Waals surface area contributed by atoms with Crippen molar-refractivity contribution in [3.63, 3.8) is 0 Å². The van der Waals surface area contributed by atoms with E-state index in [0.717, 1.165) is 24.2 Å². The minimum Gasteiger partial charge on any atom is -0.389 e. The van der Waals surface area contributed by atoms with Crippen molar-refractivity contribution in [2.24, 2.45) is 5.73 Å². The fourth-order valence-electron chi connectivity index (χ4n) is 1.91. The van der Waals surface area contributed by atoms with Crippen molar-refractivity contribution in [1.29, 1.82) is 0 Å². The molecule has 3 N–H and O–H groups in total. The first-order chi connectivity index (χ1) is 9.43. The van der Waals surface area contributed by atoms with E-state index in [2.05, 4.69) is 31.0 Å². The third-order valence-electron chi connectivity index (χ3n) is 3.04. The molecule has 1 aromatic rings. The highest BCUT2D eigenvalue weighted by molar-refractivity contribution is 7.80. The van der Waals surface area contributed by atoms with Gasteiger partial charge in [-0.1, -0.05) is 19.1 Å². The van der Waals surface area contributed by atoms with Crippen LogP contribution in [0.15, 0.2) is 24.3 Å². The fourth-order valence-corrected chi connectivity index (χ4v) is 2.05. The van der Waals surface area contributed by atoms with Crippen LogP contribution in [0, 0.1) is 0 Å². The Morgan fingerprint density at radius 2 is 1.95 bits per heavy atom. The Labute approximate surface area is 126 Å². The van der Waals surface area contributed by atoms with Crippen molar-refractivity contribution in [2.75, 3.05) is 18.4 Å². The van der Waals surface area contributed by atoms with Crippen LogP contribution in [0.4, 0.5) is 5.69 Å². The molecule has 0 fully saturated rings. The van der Waals surface area contributed by atoms with E-state index in [9.17, 15) is 4.79 Å². The Morgan fingerprint density at radius 1 is 1.35 bits per heavy atom. The molecule has 0 radical (unpaired) electrons. The number of carbonyl (C=O) groups excluding carboxylic acids is 1. The highest BCUT2D eigenvalue weighted by atomic mass is 32.1. The lowest BCUT2D eigenvalue weighted by atomic mass is 10.2. The number of thiocarbonyl (C=S) groups is 1. The zero-order valence-electron chi connectivity index (χ0n) is 12.3. The predicted octanol–water partition coefficient (Wildman–Crippen LogP) is 2.38. The number of anilines is 1. The van der Waals surface area contributed by atoms with Crippen LogP contribution in [0.2, 0.25) is 0 Å². The first-order valence-electron chi connectivity index (χ1n) is 6.87. The lowest BCUT2D eigenvalue weighted by Crippen LogP contribution is -2.38. The van der Waals surface area contributed by atoms with Crippen LogP contribution in [-0.2, 0) is 4.79 Å². The van der Waals surface area contributed by atoms with Crippen LogP contribution in [0.1, 0.15) is 32.8 Å². The Kier molecular flexibility index (Phi) is 6.61. The van der Waals surface area contributed by atoms with Crippen molar-refractivity contribution < 1.29 is 4.79 Å². The van der Waals surface area contributed by atoms with E-state index >= 15 is 0 Å². The first-order valence-corrected chi connectivity index (χ1v) is 7.28. The molecule has 0 saturated heterocycles. The molecular formula is C15H23N3OS. The van der Waals surface area contributed by atoms with E-state index in [0.29, 0.717) is 17.6 Å². The average Bonchev–Trinajstić information content (AvgIpc) is 2.38. The number of hydrogen-bond donors (Lipinski definition) is 2. The van der Waals surface area contributed by atoms with Crippen molar-refractivity contribution >= 4 is 28.8 Å². The van der Waals surface area contributed by atoms with Gasteiger partial charge in [-0.25, -0.2) is 0 Å². The van der Waals surface area contributed by atoms with Gasteiger partial charge in [-0.3, -0.25) is 9.69 Å². The van der Waals surface area contributed by atoms with Gasteiger partial charge in [0, 0.05) is 17.3 Å². The Bertz CT molecular complexity index is 457. The third kappa shape index (κ3) is 5.27. The largest absolute Gasteiger partial charge is 0.389 e. The molecule has 0 saturated carbocycles. The van der Waals surface area contributed by atoms with E-state index in [1.807, 2.05) is 24.3 Å². The molecule has 0 spiro atoms. The lowest BCUT2D eigenvalue weighted by Gasteiger charge is -2.25. The number of carbonyl (C=O) groups is 1. The van der Waals surface area contributed by atoms with Crippen LogP contribution in [0.5, 0.6) is 0 Å². The van der Waals surface area contributed by atoms with Gasteiger partial charge < -0.3 is 11.1 Å². The van der Waals surface area contributed by atoms with Crippen molar-refractivity contribution in [3.05, 3.63) is 29.8 Å². The van der Waals surface area contributed by atoms with Crippen LogP contribution in [0.3, 0.4) is 0 Å². The molecule has 5 heteroatoms. The number of nitrogens with one attached hydrogen (secondary N) is 1. The van der Waals surface area contributed by atoms with E-state index in [1.54, 1.807) is 0 Å². The summed E-state index contributed by atoms with van der Waals surface area (Å²) in [6, 6.07) is 7.60. The second kappa shape index (κ2) is 7.97. The van der Waals surface area contributed by atoms with Gasteiger partial charge in [0.15, 0.2) is 0 Å². The molecule has 1 aromatic carbocycles. The molecule has 20 heavy (non-hydrogen) atoms. The first kappa shape index (κ1) is 16.6. The molecule has 1 rings (SSSR count). The molecule has 4 nitrogen and oxygen atoms in total. The monoisotopic (exact) mass is 293 g/mol. The molecule has 0 aliphatic heterocycles. The SMILES string of the molecule is CCCN(CC(=O)Nc1ccc(C(N)=S)cc1)C(C)C. The predicted molar refractivity (Wildman–Crippen MR) is 88.0 cm³/mol.